The minimum atomic E-state index is -0.885. The third-order valence-corrected chi connectivity index (χ3v) is 4.70. The molecular formula is C17H17ClN2O4. The number of rotatable bonds is 4. The smallest absolute Gasteiger partial charge is 0.311 e. The lowest BCUT2D eigenvalue weighted by Gasteiger charge is -2.20. The summed E-state index contributed by atoms with van der Waals surface area (Å²) in [6.45, 7) is 2.11. The SMILES string of the molecule is CC1(C(=O)O)CCN(C(=O)COc2ccc(Cl)c3cccnc23)C1. The standard InChI is InChI=1S/C17H17ClN2O4/c1-17(16(22)23)6-8-20(10-17)14(21)9-24-13-5-4-12(18)11-3-2-7-19-15(11)13/h2-5,7H,6,8-10H2,1H3,(H,22,23). The molecule has 126 valence electrons. The zero-order chi connectivity index (χ0) is 17.3. The maximum atomic E-state index is 12.3. The van der Waals surface area contributed by atoms with E-state index < -0.39 is 11.4 Å². The summed E-state index contributed by atoms with van der Waals surface area (Å²) in [5.74, 6) is -0.644. The fourth-order valence-corrected chi connectivity index (χ4v) is 3.02. The topological polar surface area (TPSA) is 79.7 Å². The number of fused-ring (bicyclic) bond motifs is 1. The van der Waals surface area contributed by atoms with Gasteiger partial charge in [0.25, 0.3) is 5.91 Å². The number of amides is 1. The molecule has 2 heterocycles. The molecule has 0 bridgehead atoms. The second kappa shape index (κ2) is 6.28. The lowest BCUT2D eigenvalue weighted by atomic mass is 9.90. The van der Waals surface area contributed by atoms with Crippen molar-refractivity contribution in [3.05, 3.63) is 35.5 Å². The number of carboxylic acids is 1. The predicted octanol–water partition coefficient (Wildman–Crippen LogP) is 2.59. The number of nitrogens with zero attached hydrogens (tertiary/aromatic N) is 2. The summed E-state index contributed by atoms with van der Waals surface area (Å²) in [5.41, 5.74) is -0.293. The second-order valence-corrected chi connectivity index (χ2v) is 6.57. The van der Waals surface area contributed by atoms with Crippen LogP contribution < -0.4 is 4.74 Å². The predicted molar refractivity (Wildman–Crippen MR) is 89.2 cm³/mol. The molecule has 3 rings (SSSR count). The Labute approximate surface area is 144 Å². The molecule has 7 heteroatoms. The molecule has 2 aromatic rings. The summed E-state index contributed by atoms with van der Waals surface area (Å²) < 4.78 is 5.62. The number of aliphatic carboxylic acids is 1. The van der Waals surface area contributed by atoms with E-state index >= 15 is 0 Å². The van der Waals surface area contributed by atoms with Gasteiger partial charge in [0.1, 0.15) is 11.3 Å². The fraction of sp³-hybridized carbons (Fsp3) is 0.353. The summed E-state index contributed by atoms with van der Waals surface area (Å²) in [4.78, 5) is 29.3. The summed E-state index contributed by atoms with van der Waals surface area (Å²) >= 11 is 6.13. The molecule has 1 unspecified atom stereocenters. The number of aromatic nitrogens is 1. The Morgan fingerprint density at radius 3 is 2.92 bits per heavy atom. The number of hydrogen-bond donors (Lipinski definition) is 1. The molecule has 0 aliphatic carbocycles. The largest absolute Gasteiger partial charge is 0.481 e. The Morgan fingerprint density at radius 2 is 2.21 bits per heavy atom. The number of ether oxygens (including phenoxy) is 1. The van der Waals surface area contributed by atoms with Gasteiger partial charge in [0.2, 0.25) is 0 Å². The van der Waals surface area contributed by atoms with E-state index in [1.165, 1.54) is 4.90 Å². The first-order valence-corrected chi connectivity index (χ1v) is 7.96. The molecule has 1 aromatic heterocycles. The van der Waals surface area contributed by atoms with Crippen molar-refractivity contribution in [2.24, 2.45) is 5.41 Å². The Kier molecular flexibility index (Phi) is 4.32. The highest BCUT2D eigenvalue weighted by molar-refractivity contribution is 6.35. The maximum absolute atomic E-state index is 12.3. The van der Waals surface area contributed by atoms with Gasteiger partial charge in [-0.05, 0) is 37.6 Å². The van der Waals surface area contributed by atoms with Gasteiger partial charge in [-0.15, -0.1) is 0 Å². The molecule has 1 aliphatic rings. The molecule has 1 atom stereocenters. The van der Waals surface area contributed by atoms with Crippen LogP contribution in [0, 0.1) is 5.41 Å². The highest BCUT2D eigenvalue weighted by Gasteiger charge is 2.42. The summed E-state index contributed by atoms with van der Waals surface area (Å²) in [5, 5.41) is 10.6. The first kappa shape index (κ1) is 16.5. The van der Waals surface area contributed by atoms with E-state index in [2.05, 4.69) is 4.98 Å². The number of hydrogen-bond acceptors (Lipinski definition) is 4. The first-order chi connectivity index (χ1) is 11.4. The maximum Gasteiger partial charge on any atom is 0.311 e. The van der Waals surface area contributed by atoms with E-state index in [4.69, 9.17) is 16.3 Å². The number of carbonyl (C=O) groups is 2. The summed E-state index contributed by atoms with van der Waals surface area (Å²) in [6, 6.07) is 6.98. The molecule has 0 radical (unpaired) electrons. The van der Waals surface area contributed by atoms with Crippen LogP contribution in [0.15, 0.2) is 30.5 Å². The van der Waals surface area contributed by atoms with Crippen molar-refractivity contribution in [1.82, 2.24) is 9.88 Å². The number of halogens is 1. The molecule has 24 heavy (non-hydrogen) atoms. The molecule has 1 fully saturated rings. The third-order valence-electron chi connectivity index (χ3n) is 4.37. The van der Waals surface area contributed by atoms with Crippen molar-refractivity contribution in [3.8, 4) is 5.75 Å². The lowest BCUT2D eigenvalue weighted by molar-refractivity contribution is -0.147. The fourth-order valence-electron chi connectivity index (χ4n) is 2.81. The van der Waals surface area contributed by atoms with E-state index in [1.54, 1.807) is 31.3 Å². The number of likely N-dealkylation sites (tertiary alicyclic amines) is 1. The van der Waals surface area contributed by atoms with Crippen LogP contribution in [0.4, 0.5) is 0 Å². The van der Waals surface area contributed by atoms with Crippen molar-refractivity contribution in [3.63, 3.8) is 0 Å². The van der Waals surface area contributed by atoms with Crippen molar-refractivity contribution >= 4 is 34.4 Å². The number of benzene rings is 1. The molecule has 1 amide bonds. The zero-order valence-corrected chi connectivity index (χ0v) is 13.9. The van der Waals surface area contributed by atoms with Gasteiger partial charge in [-0.3, -0.25) is 14.6 Å². The van der Waals surface area contributed by atoms with Gasteiger partial charge in [0.15, 0.2) is 6.61 Å². The molecule has 1 N–H and O–H groups in total. The molecule has 1 saturated heterocycles. The average molecular weight is 349 g/mol. The molecule has 0 spiro atoms. The molecule has 1 aromatic carbocycles. The van der Waals surface area contributed by atoms with E-state index in [0.717, 1.165) is 5.39 Å². The number of carboxylic acid groups (broad SMARTS) is 1. The average Bonchev–Trinajstić information content (AvgIpc) is 2.98. The van der Waals surface area contributed by atoms with Gasteiger partial charge >= 0.3 is 5.97 Å². The van der Waals surface area contributed by atoms with Crippen LogP contribution in [-0.4, -0.2) is 46.6 Å². The van der Waals surface area contributed by atoms with Gasteiger partial charge < -0.3 is 14.7 Å². The van der Waals surface area contributed by atoms with Crippen molar-refractivity contribution in [1.29, 1.82) is 0 Å². The van der Waals surface area contributed by atoms with E-state index in [9.17, 15) is 14.7 Å². The number of pyridine rings is 1. The second-order valence-electron chi connectivity index (χ2n) is 6.16. The van der Waals surface area contributed by atoms with Crippen LogP contribution in [0.5, 0.6) is 5.75 Å². The van der Waals surface area contributed by atoms with E-state index in [0.29, 0.717) is 29.3 Å². The van der Waals surface area contributed by atoms with Crippen LogP contribution >= 0.6 is 11.6 Å². The van der Waals surface area contributed by atoms with Crippen LogP contribution in [-0.2, 0) is 9.59 Å². The highest BCUT2D eigenvalue weighted by Crippen LogP contribution is 2.31. The lowest BCUT2D eigenvalue weighted by Crippen LogP contribution is -2.37. The summed E-state index contributed by atoms with van der Waals surface area (Å²) in [7, 11) is 0. The van der Waals surface area contributed by atoms with Gasteiger partial charge in [-0.2, -0.15) is 0 Å². The number of carbonyl (C=O) groups excluding carboxylic acids is 1. The Bertz CT molecular complexity index is 810. The van der Waals surface area contributed by atoms with Crippen LogP contribution in [0.1, 0.15) is 13.3 Å². The first-order valence-electron chi connectivity index (χ1n) is 7.58. The van der Waals surface area contributed by atoms with Crippen LogP contribution in [0.25, 0.3) is 10.9 Å². The van der Waals surface area contributed by atoms with Crippen LogP contribution in [0.3, 0.4) is 0 Å². The van der Waals surface area contributed by atoms with Crippen molar-refractivity contribution in [2.75, 3.05) is 19.7 Å². The normalized spacial score (nSPS) is 20.3. The zero-order valence-electron chi connectivity index (χ0n) is 13.2. The van der Waals surface area contributed by atoms with Gasteiger partial charge in [0.05, 0.1) is 10.4 Å². The quantitative estimate of drug-likeness (QED) is 0.918. The highest BCUT2D eigenvalue weighted by atomic mass is 35.5. The summed E-state index contributed by atoms with van der Waals surface area (Å²) in [6.07, 6.45) is 2.08. The monoisotopic (exact) mass is 348 g/mol. The van der Waals surface area contributed by atoms with E-state index in [-0.39, 0.29) is 19.1 Å². The molecule has 6 nitrogen and oxygen atoms in total. The Balaban J connectivity index is 1.70. The molecule has 1 aliphatic heterocycles. The Hall–Kier alpha value is -2.34. The van der Waals surface area contributed by atoms with Crippen molar-refractivity contribution < 1.29 is 19.4 Å². The van der Waals surface area contributed by atoms with E-state index in [1.807, 2.05) is 6.07 Å². The van der Waals surface area contributed by atoms with Gasteiger partial charge in [0, 0.05) is 24.7 Å². The van der Waals surface area contributed by atoms with Crippen molar-refractivity contribution in [2.45, 2.75) is 13.3 Å². The third kappa shape index (κ3) is 3.01. The van der Waals surface area contributed by atoms with Gasteiger partial charge in [-0.1, -0.05) is 11.6 Å². The molecule has 0 saturated carbocycles. The minimum Gasteiger partial charge on any atom is -0.481 e. The van der Waals surface area contributed by atoms with Crippen LogP contribution in [0.2, 0.25) is 5.02 Å². The van der Waals surface area contributed by atoms with Gasteiger partial charge in [-0.25, -0.2) is 0 Å². The Morgan fingerprint density at radius 1 is 1.42 bits per heavy atom. The minimum absolute atomic E-state index is 0.164. The molecular weight excluding hydrogens is 332 g/mol.